The third-order valence-corrected chi connectivity index (χ3v) is 7.00. The van der Waals surface area contributed by atoms with Crippen LogP contribution in [-0.4, -0.2) is 15.0 Å². The predicted octanol–water partition coefficient (Wildman–Crippen LogP) is 7.66. The number of halogens is 1. The van der Waals surface area contributed by atoms with Gasteiger partial charge in [-0.25, -0.2) is 9.97 Å². The maximum absolute atomic E-state index is 4.94. The van der Waals surface area contributed by atoms with E-state index in [1.807, 2.05) is 18.2 Å². The summed E-state index contributed by atoms with van der Waals surface area (Å²) in [7, 11) is 0. The Morgan fingerprint density at radius 3 is 2.23 bits per heavy atom. The molecule has 1 aromatic carbocycles. The summed E-state index contributed by atoms with van der Waals surface area (Å²) in [6.07, 6.45) is 8.23. The number of fused-ring (bicyclic) bond motifs is 8. The van der Waals surface area contributed by atoms with Crippen LogP contribution in [0.1, 0.15) is 22.8 Å². The molecule has 31 heavy (non-hydrogen) atoms. The van der Waals surface area contributed by atoms with Gasteiger partial charge in [0.25, 0.3) is 0 Å². The maximum Gasteiger partial charge on any atom is 0.0730 e. The lowest BCUT2D eigenvalue weighted by molar-refractivity contribution is 1.28. The molecule has 3 aromatic heterocycles. The average molecular weight is 529 g/mol. The molecule has 8 bridgehead atoms. The van der Waals surface area contributed by atoms with Crippen molar-refractivity contribution in [2.24, 2.45) is 0 Å². The van der Waals surface area contributed by atoms with Gasteiger partial charge >= 0.3 is 0 Å². The zero-order chi connectivity index (χ0) is 20.8. The second kappa shape index (κ2) is 7.59. The van der Waals surface area contributed by atoms with Gasteiger partial charge in [0.15, 0.2) is 0 Å². The normalized spacial score (nSPS) is 12.4. The van der Waals surface area contributed by atoms with Crippen LogP contribution in [0.5, 0.6) is 0 Å². The van der Waals surface area contributed by atoms with Crippen molar-refractivity contribution >= 4 is 78.7 Å². The van der Waals surface area contributed by atoms with E-state index in [4.69, 9.17) is 9.97 Å². The van der Waals surface area contributed by atoms with Crippen molar-refractivity contribution in [2.45, 2.75) is 0 Å². The molecule has 0 unspecified atom stereocenters. The van der Waals surface area contributed by atoms with E-state index >= 15 is 0 Å². The number of rotatable bonds is 1. The molecule has 2 aliphatic rings. The highest BCUT2D eigenvalue weighted by molar-refractivity contribution is 14.1. The fraction of sp³-hybridized carbons (Fsp3) is 0. The Kier molecular flexibility index (Phi) is 4.58. The van der Waals surface area contributed by atoms with Gasteiger partial charge < -0.3 is 4.98 Å². The molecule has 0 amide bonds. The van der Waals surface area contributed by atoms with E-state index < -0.39 is 0 Å². The number of nitrogens with one attached hydrogen (secondary N) is 1. The second-order valence-corrected chi connectivity index (χ2v) is 9.80. The molecular formula is C26H16IN3S. The molecule has 6 rings (SSSR count). The molecule has 5 heterocycles. The molecule has 0 saturated heterocycles. The highest BCUT2D eigenvalue weighted by Gasteiger charge is 2.11. The largest absolute Gasteiger partial charge is 0.355 e. The standard InChI is InChI=1S/C26H16IN3S/c27-17-3-1-16(2-4-17)26-24-11-9-21(30-24)14-20-6-5-18(28-20)13-19-7-8-22(29-19)15-23-10-12-25(26)31-23/h1-15,29H. The minimum atomic E-state index is 0.913. The van der Waals surface area contributed by atoms with E-state index in [9.17, 15) is 0 Å². The summed E-state index contributed by atoms with van der Waals surface area (Å²) in [4.78, 5) is 13.1. The van der Waals surface area contributed by atoms with E-state index in [1.54, 1.807) is 11.3 Å². The summed E-state index contributed by atoms with van der Waals surface area (Å²) < 4.78 is 3.62. The van der Waals surface area contributed by atoms with Gasteiger partial charge in [0.05, 0.1) is 22.8 Å². The Morgan fingerprint density at radius 1 is 0.677 bits per heavy atom. The summed E-state index contributed by atoms with van der Waals surface area (Å²) in [5, 5.41) is 0. The molecule has 0 atom stereocenters. The summed E-state index contributed by atoms with van der Waals surface area (Å²) in [5.41, 5.74) is 8.19. The molecular weight excluding hydrogens is 513 g/mol. The molecule has 0 saturated carbocycles. The van der Waals surface area contributed by atoms with Crippen molar-refractivity contribution in [3.8, 4) is 11.1 Å². The number of hydrogen-bond donors (Lipinski definition) is 1. The monoisotopic (exact) mass is 529 g/mol. The molecule has 0 radical (unpaired) electrons. The van der Waals surface area contributed by atoms with Crippen LogP contribution in [-0.2, 0) is 0 Å². The number of aromatic nitrogens is 3. The molecule has 0 spiro atoms. The van der Waals surface area contributed by atoms with E-state index in [-0.39, 0.29) is 0 Å². The fourth-order valence-corrected chi connectivity index (χ4v) is 5.21. The van der Waals surface area contributed by atoms with Gasteiger partial charge in [-0.05, 0) is 107 Å². The van der Waals surface area contributed by atoms with Crippen molar-refractivity contribution in [1.29, 1.82) is 0 Å². The maximum atomic E-state index is 4.94. The van der Waals surface area contributed by atoms with Crippen LogP contribution < -0.4 is 0 Å². The Balaban J connectivity index is 1.71. The van der Waals surface area contributed by atoms with Crippen LogP contribution >= 0.6 is 33.9 Å². The Labute approximate surface area is 197 Å². The molecule has 1 N–H and O–H groups in total. The van der Waals surface area contributed by atoms with Gasteiger partial charge in [-0.3, -0.25) is 0 Å². The number of thiophene rings is 1. The lowest BCUT2D eigenvalue weighted by Gasteiger charge is -2.03. The van der Waals surface area contributed by atoms with Crippen molar-refractivity contribution in [3.05, 3.63) is 93.1 Å². The van der Waals surface area contributed by atoms with Crippen molar-refractivity contribution < 1.29 is 0 Å². The van der Waals surface area contributed by atoms with Crippen molar-refractivity contribution in [1.82, 2.24) is 15.0 Å². The number of benzene rings is 1. The Morgan fingerprint density at radius 2 is 1.39 bits per heavy atom. The Hall–Kier alpha value is -3.03. The number of nitrogens with zero attached hydrogens (tertiary/aromatic N) is 2. The zero-order valence-electron chi connectivity index (χ0n) is 16.3. The first-order valence-electron chi connectivity index (χ1n) is 9.94. The SMILES string of the molecule is Ic1ccc(-c2c3nc(cc4nc(cc5ccc(cc6ccc2s6)[nH]5)C=C4)C=C3)cc1. The molecule has 148 valence electrons. The lowest BCUT2D eigenvalue weighted by Crippen LogP contribution is -1.84. The predicted molar refractivity (Wildman–Crippen MR) is 141 cm³/mol. The number of H-pyrrole nitrogens is 1. The third kappa shape index (κ3) is 3.75. The van der Waals surface area contributed by atoms with Crippen LogP contribution in [0.15, 0.2) is 66.7 Å². The molecule has 0 aliphatic carbocycles. The van der Waals surface area contributed by atoms with Gasteiger partial charge in [-0.1, -0.05) is 12.1 Å². The van der Waals surface area contributed by atoms with Crippen LogP contribution in [0.3, 0.4) is 0 Å². The van der Waals surface area contributed by atoms with Crippen LogP contribution in [0.4, 0.5) is 0 Å². The van der Waals surface area contributed by atoms with E-state index in [1.165, 1.54) is 18.5 Å². The molecule has 0 fully saturated rings. The highest BCUT2D eigenvalue weighted by atomic mass is 127. The van der Waals surface area contributed by atoms with E-state index in [0.29, 0.717) is 0 Å². The first-order valence-corrected chi connectivity index (χ1v) is 11.8. The molecule has 2 aliphatic heterocycles. The average Bonchev–Trinajstić information content (AvgIpc) is 3.55. The van der Waals surface area contributed by atoms with Crippen LogP contribution in [0, 0.1) is 3.57 Å². The van der Waals surface area contributed by atoms with Gasteiger partial charge in [0, 0.05) is 29.6 Å². The van der Waals surface area contributed by atoms with Crippen molar-refractivity contribution in [2.75, 3.05) is 0 Å². The quantitative estimate of drug-likeness (QED) is 0.222. The topological polar surface area (TPSA) is 41.6 Å². The fourth-order valence-electron chi connectivity index (χ4n) is 3.81. The molecule has 3 nitrogen and oxygen atoms in total. The van der Waals surface area contributed by atoms with Gasteiger partial charge in [-0.2, -0.15) is 0 Å². The molecule has 4 aromatic rings. The zero-order valence-corrected chi connectivity index (χ0v) is 19.3. The van der Waals surface area contributed by atoms with Crippen molar-refractivity contribution in [3.63, 3.8) is 0 Å². The van der Waals surface area contributed by atoms with Gasteiger partial charge in [0.2, 0.25) is 0 Å². The second-order valence-electron chi connectivity index (χ2n) is 7.44. The first-order chi connectivity index (χ1) is 15.2. The highest BCUT2D eigenvalue weighted by Crippen LogP contribution is 2.34. The van der Waals surface area contributed by atoms with Gasteiger partial charge in [0.1, 0.15) is 0 Å². The minimum Gasteiger partial charge on any atom is -0.355 e. The van der Waals surface area contributed by atoms with E-state index in [0.717, 1.165) is 39.4 Å². The summed E-state index contributed by atoms with van der Waals surface area (Å²) in [5.74, 6) is 0. The van der Waals surface area contributed by atoms with Crippen LogP contribution in [0.25, 0.3) is 55.9 Å². The molecule has 5 heteroatoms. The Bertz CT molecular complexity index is 1540. The smallest absolute Gasteiger partial charge is 0.0730 e. The third-order valence-electron chi connectivity index (χ3n) is 5.23. The summed E-state index contributed by atoms with van der Waals surface area (Å²) in [6, 6.07) is 23.5. The first kappa shape index (κ1) is 18.7. The number of aromatic amines is 1. The van der Waals surface area contributed by atoms with Crippen LogP contribution in [0.2, 0.25) is 0 Å². The number of hydrogen-bond acceptors (Lipinski definition) is 3. The summed E-state index contributed by atoms with van der Waals surface area (Å²) >= 11 is 4.12. The minimum absolute atomic E-state index is 0.913. The summed E-state index contributed by atoms with van der Waals surface area (Å²) in [6.45, 7) is 0. The van der Waals surface area contributed by atoms with E-state index in [2.05, 4.69) is 100 Å². The lowest BCUT2D eigenvalue weighted by atomic mass is 10.1. The van der Waals surface area contributed by atoms with Gasteiger partial charge in [-0.15, -0.1) is 11.3 Å².